The Morgan fingerprint density at radius 1 is 0.714 bits per heavy atom. The number of ether oxygens (including phenoxy) is 2. The number of rotatable bonds is 9. The summed E-state index contributed by atoms with van der Waals surface area (Å²) >= 11 is 0. The zero-order valence-electron chi connectivity index (χ0n) is 7.86. The van der Waals surface area contributed by atoms with Crippen LogP contribution in [0.4, 0.5) is 0 Å². The van der Waals surface area contributed by atoms with Crippen molar-refractivity contribution in [2.45, 2.75) is 0 Å². The van der Waals surface area contributed by atoms with Crippen LogP contribution in [0, 0.1) is 0 Å². The van der Waals surface area contributed by atoms with Crippen LogP contribution in [0.5, 0.6) is 0 Å². The van der Waals surface area contributed by atoms with Crippen molar-refractivity contribution in [2.75, 3.05) is 39.5 Å². The second-order valence-corrected chi connectivity index (χ2v) is 2.17. The lowest BCUT2D eigenvalue weighted by Crippen LogP contribution is -3.00. The van der Waals surface area contributed by atoms with Gasteiger partial charge < -0.3 is 34.3 Å². The van der Waals surface area contributed by atoms with E-state index in [4.69, 9.17) is 19.9 Å². The van der Waals surface area contributed by atoms with Gasteiger partial charge in [0.15, 0.2) is 0 Å². The fourth-order valence-electron chi connectivity index (χ4n) is 0.594. The Morgan fingerprint density at radius 2 is 1.07 bits per heavy atom. The highest BCUT2D eigenvalue weighted by Crippen LogP contribution is 1.75. The average Bonchev–Trinajstić information content (AvgIpc) is 2.10. The number of quaternary nitrogens is 2. The van der Waals surface area contributed by atoms with Gasteiger partial charge in [0, 0.05) is 0 Å². The van der Waals surface area contributed by atoms with Crippen LogP contribution in [0.15, 0.2) is 0 Å². The quantitative estimate of drug-likeness (QED) is 0.242. The maximum atomic E-state index is 8.27. The number of nitrogens with two attached hydrogens (primary N) is 2. The van der Waals surface area contributed by atoms with Crippen molar-refractivity contribution in [2.24, 2.45) is 0 Å². The van der Waals surface area contributed by atoms with Crippen LogP contribution in [-0.2, 0) is 9.47 Å². The second-order valence-electron chi connectivity index (χ2n) is 2.17. The highest BCUT2D eigenvalue weighted by molar-refractivity contribution is 4.29. The normalized spacial score (nSPS) is 9.00. The Labute approximate surface area is 95.7 Å². The first-order chi connectivity index (χ1) is 5.91. The van der Waals surface area contributed by atoms with E-state index in [0.717, 1.165) is 11.0 Å². The van der Waals surface area contributed by atoms with Crippen LogP contribution in [0.25, 0.3) is 0 Å². The third-order valence-electron chi connectivity index (χ3n) is 1.15. The predicted octanol–water partition coefficient (Wildman–Crippen LogP) is -9.07. The summed E-state index contributed by atoms with van der Waals surface area (Å²) in [5.74, 6) is 0. The fraction of sp³-hybridized carbons (Fsp3) is 1.00. The molecule has 8 heteroatoms. The summed E-state index contributed by atoms with van der Waals surface area (Å²) in [4.78, 5) is 0. The molecule has 0 radical (unpaired) electrons. The Balaban J connectivity index is -0.000000605. The van der Waals surface area contributed by atoms with Gasteiger partial charge in [0.05, 0.1) is 26.4 Å². The first-order valence-electron chi connectivity index (χ1n) is 3.99. The molecule has 0 saturated heterocycles. The summed E-state index contributed by atoms with van der Waals surface area (Å²) in [5, 5.41) is 16.5. The summed E-state index contributed by atoms with van der Waals surface area (Å²) in [6, 6.07) is 0. The van der Waals surface area contributed by atoms with Gasteiger partial charge in [-0.05, 0) is 0 Å². The first kappa shape index (κ1) is 19.8. The highest BCUT2D eigenvalue weighted by Gasteiger charge is 1.91. The fourth-order valence-corrected chi connectivity index (χ4v) is 0.594. The molecular weight excluding hydrogens is 235 g/mol. The van der Waals surface area contributed by atoms with E-state index in [0.29, 0.717) is 39.5 Å². The van der Waals surface area contributed by atoms with E-state index < -0.39 is 0 Å². The van der Waals surface area contributed by atoms with E-state index in [9.17, 15) is 0 Å². The van der Waals surface area contributed by atoms with Crippen LogP contribution < -0.4 is 35.8 Å². The molecule has 0 aromatic carbocycles. The standard InChI is InChI=1S/C6H16N2O4.2ClH/c9-7-1-3-11-5-6-12-4-2-8-10;;/h7-10H,1-6H2;2*1H. The zero-order valence-corrected chi connectivity index (χ0v) is 9.38. The van der Waals surface area contributed by atoms with Crippen molar-refractivity contribution in [3.8, 4) is 0 Å². The van der Waals surface area contributed by atoms with Gasteiger partial charge in [-0.15, -0.1) is 0 Å². The first-order valence-corrected chi connectivity index (χ1v) is 3.99. The van der Waals surface area contributed by atoms with Crippen LogP contribution in [0.2, 0.25) is 0 Å². The molecule has 90 valence electrons. The number of halogens is 2. The molecule has 0 aliphatic rings. The molecule has 0 rings (SSSR count). The molecule has 0 unspecified atom stereocenters. The smallest absolute Gasteiger partial charge is 0.129 e. The minimum atomic E-state index is 0. The second kappa shape index (κ2) is 19.0. The van der Waals surface area contributed by atoms with Crippen LogP contribution in [0.3, 0.4) is 0 Å². The average molecular weight is 253 g/mol. The molecule has 0 aromatic heterocycles. The Kier molecular flexibility index (Phi) is 26.9. The molecule has 0 aliphatic heterocycles. The van der Waals surface area contributed by atoms with E-state index >= 15 is 0 Å². The largest absolute Gasteiger partial charge is 1.00 e. The van der Waals surface area contributed by atoms with E-state index in [-0.39, 0.29) is 24.8 Å². The molecular formula is C6H18Cl2N2O4. The molecule has 0 aliphatic carbocycles. The zero-order chi connectivity index (χ0) is 9.07. The minimum absolute atomic E-state index is 0. The molecule has 0 atom stereocenters. The Morgan fingerprint density at radius 3 is 1.36 bits per heavy atom. The maximum absolute atomic E-state index is 8.27. The molecule has 0 amide bonds. The Bertz CT molecular complexity index is 82.2. The molecule has 0 fully saturated rings. The van der Waals surface area contributed by atoms with Crippen LogP contribution in [0.1, 0.15) is 0 Å². The summed E-state index contributed by atoms with van der Waals surface area (Å²) < 4.78 is 10.1. The molecule has 6 N–H and O–H groups in total. The summed E-state index contributed by atoms with van der Waals surface area (Å²) in [6.07, 6.45) is 0. The van der Waals surface area contributed by atoms with Gasteiger partial charge in [-0.3, -0.25) is 0 Å². The van der Waals surface area contributed by atoms with Crippen molar-refractivity contribution in [3.63, 3.8) is 0 Å². The van der Waals surface area contributed by atoms with Gasteiger partial charge >= 0.3 is 0 Å². The van der Waals surface area contributed by atoms with Crippen molar-refractivity contribution in [1.29, 1.82) is 0 Å². The number of hydrogen-bond donors (Lipinski definition) is 4. The molecule has 0 bridgehead atoms. The van der Waals surface area contributed by atoms with Gasteiger partial charge in [0.2, 0.25) is 0 Å². The summed E-state index contributed by atoms with van der Waals surface area (Å²) in [7, 11) is 0. The monoisotopic (exact) mass is 252 g/mol. The minimum Gasteiger partial charge on any atom is -1.00 e. The lowest BCUT2D eigenvalue weighted by atomic mass is 10.7. The molecule has 6 nitrogen and oxygen atoms in total. The van der Waals surface area contributed by atoms with Crippen molar-refractivity contribution >= 4 is 0 Å². The van der Waals surface area contributed by atoms with E-state index in [1.54, 1.807) is 0 Å². The van der Waals surface area contributed by atoms with Gasteiger partial charge in [-0.25, -0.2) is 21.4 Å². The molecule has 0 saturated carbocycles. The molecule has 0 spiro atoms. The molecule has 14 heavy (non-hydrogen) atoms. The van der Waals surface area contributed by atoms with E-state index in [1.807, 2.05) is 0 Å². The van der Waals surface area contributed by atoms with Crippen molar-refractivity contribution in [3.05, 3.63) is 0 Å². The van der Waals surface area contributed by atoms with Crippen molar-refractivity contribution < 1.29 is 55.7 Å². The Hall–Kier alpha value is 0.340. The molecule has 0 aromatic rings. The SMILES string of the molecule is O[NH2+]CCOCCOCC[NH2+]O.[Cl-].[Cl-]. The van der Waals surface area contributed by atoms with Gasteiger partial charge in [-0.2, -0.15) is 0 Å². The topological polar surface area (TPSA) is 92.1 Å². The van der Waals surface area contributed by atoms with Gasteiger partial charge in [0.1, 0.15) is 13.1 Å². The third kappa shape index (κ3) is 18.2. The molecule has 0 heterocycles. The predicted molar refractivity (Wildman–Crippen MR) is 38.8 cm³/mol. The number of hydrogen-bond acceptors (Lipinski definition) is 4. The highest BCUT2D eigenvalue weighted by atomic mass is 35.5. The van der Waals surface area contributed by atoms with E-state index in [2.05, 4.69) is 0 Å². The maximum Gasteiger partial charge on any atom is 0.129 e. The lowest BCUT2D eigenvalue weighted by Gasteiger charge is -2.02. The lowest BCUT2D eigenvalue weighted by molar-refractivity contribution is -0.887. The van der Waals surface area contributed by atoms with Gasteiger partial charge in [-0.1, -0.05) is 0 Å². The number of hydroxylamine groups is 2. The van der Waals surface area contributed by atoms with Crippen LogP contribution >= 0.6 is 0 Å². The third-order valence-corrected chi connectivity index (χ3v) is 1.15. The van der Waals surface area contributed by atoms with Gasteiger partial charge in [0.25, 0.3) is 0 Å². The summed E-state index contributed by atoms with van der Waals surface area (Å²) in [6.45, 7) is 3.19. The summed E-state index contributed by atoms with van der Waals surface area (Å²) in [5.41, 5.74) is 2.14. The van der Waals surface area contributed by atoms with E-state index in [1.165, 1.54) is 0 Å². The van der Waals surface area contributed by atoms with Crippen molar-refractivity contribution in [1.82, 2.24) is 0 Å². The van der Waals surface area contributed by atoms with Crippen LogP contribution in [-0.4, -0.2) is 49.9 Å².